The molecule has 1 aromatic heterocycles. The van der Waals surface area contributed by atoms with Gasteiger partial charge in [0, 0.05) is 40.3 Å². The maximum absolute atomic E-state index is 13.1. The quantitative estimate of drug-likeness (QED) is 0.637. The third kappa shape index (κ3) is 3.42. The number of benzene rings is 1. The molecule has 0 aliphatic rings. The number of rotatable bonds is 8. The van der Waals surface area contributed by atoms with E-state index in [0.717, 1.165) is 5.69 Å². The highest BCUT2D eigenvalue weighted by Gasteiger charge is 2.52. The van der Waals surface area contributed by atoms with Gasteiger partial charge < -0.3 is 22.7 Å². The van der Waals surface area contributed by atoms with E-state index in [0.29, 0.717) is 5.69 Å². The summed E-state index contributed by atoms with van der Waals surface area (Å²) in [6.45, 7) is 0. The van der Waals surface area contributed by atoms with Crippen LogP contribution < -0.4 is 0 Å². The first kappa shape index (κ1) is 19.1. The third-order valence-corrected chi connectivity index (χ3v) is 9.16. The maximum Gasteiger partial charge on any atom is 0.351 e. The summed E-state index contributed by atoms with van der Waals surface area (Å²) in [6.07, 6.45) is 1.77. The molecule has 0 aliphatic heterocycles. The van der Waals surface area contributed by atoms with E-state index in [1.54, 1.807) is 22.9 Å². The Balaban J connectivity index is 2.69. The molecule has 0 fully saturated rings. The van der Waals surface area contributed by atoms with Crippen LogP contribution in [0.1, 0.15) is 11.1 Å². The average molecular weight is 373 g/mol. The molecule has 132 valence electrons. The van der Waals surface area contributed by atoms with Crippen LogP contribution in [0.3, 0.4) is 0 Å². The van der Waals surface area contributed by atoms with Crippen LogP contribution in [0.2, 0.25) is 0 Å². The van der Waals surface area contributed by atoms with E-state index in [9.17, 15) is 9.13 Å². The summed E-state index contributed by atoms with van der Waals surface area (Å²) < 4.78 is 48.4. The molecule has 0 N–H and O–H groups in total. The summed E-state index contributed by atoms with van der Waals surface area (Å²) in [5.74, 6) is 0. The molecule has 1 heterocycles. The van der Waals surface area contributed by atoms with E-state index >= 15 is 0 Å². The lowest BCUT2D eigenvalue weighted by molar-refractivity contribution is 0.246. The molecule has 0 unspecified atom stereocenters. The fourth-order valence-corrected chi connectivity index (χ4v) is 7.16. The molecule has 0 aliphatic carbocycles. The lowest BCUT2D eigenvalue weighted by Gasteiger charge is -2.29. The van der Waals surface area contributed by atoms with Crippen molar-refractivity contribution >= 4 is 15.2 Å². The van der Waals surface area contributed by atoms with Gasteiger partial charge in [-0.2, -0.15) is 0 Å². The molecular weight excluding hydrogens is 352 g/mol. The van der Waals surface area contributed by atoms with Crippen molar-refractivity contribution < 1.29 is 27.2 Å². The maximum atomic E-state index is 13.1. The average Bonchev–Trinajstić information content (AvgIpc) is 3.11. The van der Waals surface area contributed by atoms with Crippen molar-refractivity contribution in [2.24, 2.45) is 0 Å². The summed E-state index contributed by atoms with van der Waals surface area (Å²) in [5, 5.41) is -1.23. The second kappa shape index (κ2) is 7.79. The molecule has 24 heavy (non-hydrogen) atoms. The van der Waals surface area contributed by atoms with Gasteiger partial charge in [0.2, 0.25) is 5.40 Å². The molecule has 2 aromatic rings. The molecule has 0 saturated carbocycles. The van der Waals surface area contributed by atoms with Crippen molar-refractivity contribution in [1.82, 2.24) is 4.57 Å². The number of nitrogens with zero attached hydrogens (tertiary/aromatic N) is 1. The lowest BCUT2D eigenvalue weighted by atomic mass is 10.3. The third-order valence-electron chi connectivity index (χ3n) is 3.70. The van der Waals surface area contributed by atoms with Crippen molar-refractivity contribution in [3.05, 3.63) is 54.4 Å². The summed E-state index contributed by atoms with van der Waals surface area (Å²) in [7, 11) is -2.68. The van der Waals surface area contributed by atoms with Crippen molar-refractivity contribution in [2.45, 2.75) is 5.40 Å². The van der Waals surface area contributed by atoms with E-state index in [-0.39, 0.29) is 0 Å². The first-order valence-electron chi connectivity index (χ1n) is 7.10. The highest BCUT2D eigenvalue weighted by molar-refractivity contribution is 7.72. The molecule has 0 spiro atoms. The molecule has 9 heteroatoms. The largest absolute Gasteiger partial charge is 0.351 e. The van der Waals surface area contributed by atoms with E-state index in [4.69, 9.17) is 18.1 Å². The van der Waals surface area contributed by atoms with Crippen molar-refractivity contribution in [3.63, 3.8) is 0 Å². The molecular formula is C15H21NO6P2. The van der Waals surface area contributed by atoms with Gasteiger partial charge in [0.25, 0.3) is 0 Å². The van der Waals surface area contributed by atoms with Gasteiger partial charge in [-0.25, -0.2) is 0 Å². The minimum atomic E-state index is -3.82. The van der Waals surface area contributed by atoms with E-state index in [1.165, 1.54) is 28.4 Å². The van der Waals surface area contributed by atoms with Crippen LogP contribution in [0.5, 0.6) is 0 Å². The number of hydrogen-bond donors (Lipinski definition) is 0. The molecule has 0 amide bonds. The first-order valence-corrected chi connectivity index (χ1v) is 10.3. The van der Waals surface area contributed by atoms with Gasteiger partial charge >= 0.3 is 15.2 Å². The van der Waals surface area contributed by atoms with Gasteiger partial charge in [0.05, 0.1) is 5.69 Å². The summed E-state index contributed by atoms with van der Waals surface area (Å²) in [4.78, 5) is 0. The van der Waals surface area contributed by atoms with E-state index in [2.05, 4.69) is 0 Å². The van der Waals surface area contributed by atoms with Crippen LogP contribution in [0.4, 0.5) is 0 Å². The topological polar surface area (TPSA) is 76.0 Å². The molecule has 0 atom stereocenters. The van der Waals surface area contributed by atoms with Gasteiger partial charge in [-0.1, -0.05) is 18.2 Å². The zero-order valence-electron chi connectivity index (χ0n) is 14.0. The summed E-state index contributed by atoms with van der Waals surface area (Å²) >= 11 is 0. The Morgan fingerprint density at radius 3 is 1.75 bits per heavy atom. The number of hydrogen-bond acceptors (Lipinski definition) is 6. The zero-order valence-corrected chi connectivity index (χ0v) is 15.8. The Kier molecular flexibility index (Phi) is 6.21. The van der Waals surface area contributed by atoms with Crippen LogP contribution in [0, 0.1) is 0 Å². The molecule has 2 rings (SSSR count). The van der Waals surface area contributed by atoms with Crippen LogP contribution in [0.25, 0.3) is 5.69 Å². The van der Waals surface area contributed by atoms with Crippen LogP contribution in [-0.4, -0.2) is 33.0 Å². The van der Waals surface area contributed by atoms with E-state index in [1.807, 2.05) is 30.3 Å². The molecule has 0 radical (unpaired) electrons. The molecule has 7 nitrogen and oxygen atoms in total. The van der Waals surface area contributed by atoms with Crippen LogP contribution in [-0.2, 0) is 27.2 Å². The van der Waals surface area contributed by atoms with Crippen molar-refractivity contribution in [1.29, 1.82) is 0 Å². The highest BCUT2D eigenvalue weighted by Crippen LogP contribution is 2.77. The second-order valence-corrected chi connectivity index (χ2v) is 9.88. The Morgan fingerprint density at radius 2 is 1.29 bits per heavy atom. The predicted octanol–water partition coefficient (Wildman–Crippen LogP) is 4.45. The normalized spacial score (nSPS) is 12.7. The number of para-hydroxylation sites is 1. The Bertz CT molecular complexity index is 718. The van der Waals surface area contributed by atoms with Gasteiger partial charge in [-0.05, 0) is 24.3 Å². The molecule has 0 saturated heterocycles. The monoisotopic (exact) mass is 373 g/mol. The minimum absolute atomic E-state index is 0.445. The van der Waals surface area contributed by atoms with Gasteiger partial charge in [0.1, 0.15) is 0 Å². The standard InChI is InChI=1S/C15H21NO6P2/c1-19-23(17,20-2)15(24(18,21-3)22-4)14-11-8-12-16(14)13-9-6-5-7-10-13/h5-12,15H,1-4H3. The van der Waals surface area contributed by atoms with Crippen LogP contribution >= 0.6 is 15.2 Å². The zero-order chi connectivity index (χ0) is 17.8. The Morgan fingerprint density at radius 1 is 0.792 bits per heavy atom. The fraction of sp³-hybridized carbons (Fsp3) is 0.333. The Hall–Kier alpha value is -1.20. The first-order chi connectivity index (χ1) is 11.5. The fourth-order valence-electron chi connectivity index (χ4n) is 2.47. The Labute approximate surface area is 141 Å². The summed E-state index contributed by atoms with van der Waals surface area (Å²) in [6, 6.07) is 12.8. The van der Waals surface area contributed by atoms with Gasteiger partial charge in [-0.15, -0.1) is 0 Å². The molecule has 1 aromatic carbocycles. The predicted molar refractivity (Wildman–Crippen MR) is 91.8 cm³/mol. The SMILES string of the molecule is COP(=O)(OC)C(c1cccn1-c1ccccc1)P(=O)(OC)OC. The lowest BCUT2D eigenvalue weighted by Crippen LogP contribution is -2.11. The van der Waals surface area contributed by atoms with E-state index < -0.39 is 20.6 Å². The van der Waals surface area contributed by atoms with Crippen molar-refractivity contribution in [2.75, 3.05) is 28.4 Å². The minimum Gasteiger partial charge on any atom is -0.319 e. The van der Waals surface area contributed by atoms with Gasteiger partial charge in [0.15, 0.2) is 0 Å². The second-order valence-electron chi connectivity index (χ2n) is 4.82. The van der Waals surface area contributed by atoms with Gasteiger partial charge in [-0.3, -0.25) is 9.13 Å². The highest BCUT2D eigenvalue weighted by atomic mass is 31.2. The smallest absolute Gasteiger partial charge is 0.319 e. The van der Waals surface area contributed by atoms with Crippen molar-refractivity contribution in [3.8, 4) is 5.69 Å². The van der Waals surface area contributed by atoms with Crippen LogP contribution in [0.15, 0.2) is 48.7 Å². The molecule has 0 bridgehead atoms. The number of aromatic nitrogens is 1. The summed E-state index contributed by atoms with van der Waals surface area (Å²) in [5.41, 5.74) is 1.25.